The van der Waals surface area contributed by atoms with Gasteiger partial charge >= 0.3 is 0 Å². The van der Waals surface area contributed by atoms with E-state index >= 15 is 0 Å². The molecule has 1 heterocycles. The molecule has 7 heteroatoms. The molecule has 0 radical (unpaired) electrons. The zero-order valence-corrected chi connectivity index (χ0v) is 14.2. The summed E-state index contributed by atoms with van der Waals surface area (Å²) in [7, 11) is 0. The van der Waals surface area contributed by atoms with Crippen molar-refractivity contribution in [3.05, 3.63) is 46.4 Å². The van der Waals surface area contributed by atoms with E-state index in [-0.39, 0.29) is 17.5 Å². The quantitative estimate of drug-likeness (QED) is 0.880. The van der Waals surface area contributed by atoms with Crippen LogP contribution in [-0.4, -0.2) is 25.7 Å². The molecular weight excluding hydrogens is 353 g/mol. The lowest BCUT2D eigenvalue weighted by molar-refractivity contribution is -0.118. The Morgan fingerprint density at radius 1 is 1.12 bits per heavy atom. The minimum atomic E-state index is -0.319. The van der Waals surface area contributed by atoms with Crippen molar-refractivity contribution in [2.45, 2.75) is 6.42 Å². The van der Waals surface area contributed by atoms with E-state index in [0.717, 1.165) is 6.42 Å². The summed E-state index contributed by atoms with van der Waals surface area (Å²) in [5.74, 6) is 1.33. The summed E-state index contributed by atoms with van der Waals surface area (Å²) in [5.41, 5.74) is 0.602. The number of hydrogen-bond donors (Lipinski definition) is 1. The Morgan fingerprint density at radius 2 is 1.92 bits per heavy atom. The van der Waals surface area contributed by atoms with Gasteiger partial charge in [0.05, 0.1) is 18.2 Å². The van der Waals surface area contributed by atoms with E-state index in [2.05, 4.69) is 5.32 Å². The van der Waals surface area contributed by atoms with Crippen LogP contribution in [0.5, 0.6) is 17.2 Å². The van der Waals surface area contributed by atoms with Crippen LogP contribution in [0.1, 0.15) is 6.42 Å². The highest BCUT2D eigenvalue weighted by molar-refractivity contribution is 6.42. The van der Waals surface area contributed by atoms with Crippen LogP contribution in [0.3, 0.4) is 0 Å². The number of carbonyl (C=O) groups excluding carboxylic acids is 1. The van der Waals surface area contributed by atoms with Crippen LogP contribution in [0, 0.1) is 0 Å². The van der Waals surface area contributed by atoms with E-state index in [1.165, 1.54) is 0 Å². The van der Waals surface area contributed by atoms with E-state index in [0.29, 0.717) is 41.2 Å². The molecule has 126 valence electrons. The molecule has 0 aliphatic carbocycles. The summed E-state index contributed by atoms with van der Waals surface area (Å²) >= 11 is 11.9. The lowest BCUT2D eigenvalue weighted by Gasteiger charge is -2.11. The monoisotopic (exact) mass is 367 g/mol. The highest BCUT2D eigenvalue weighted by Gasteiger charge is 2.13. The molecule has 1 amide bonds. The number of rotatable bonds is 4. The van der Waals surface area contributed by atoms with Crippen LogP contribution >= 0.6 is 23.2 Å². The van der Waals surface area contributed by atoms with Gasteiger partial charge in [-0.15, -0.1) is 0 Å². The third-order valence-electron chi connectivity index (χ3n) is 3.31. The Kier molecular flexibility index (Phi) is 5.33. The maximum Gasteiger partial charge on any atom is 0.262 e. The molecular formula is C17H15Cl2NO4. The highest BCUT2D eigenvalue weighted by Crippen LogP contribution is 2.33. The van der Waals surface area contributed by atoms with Gasteiger partial charge in [0.1, 0.15) is 10.8 Å². The standard InChI is InChI=1S/C17H15Cl2NO4/c18-12-3-1-4-14(17(12)19)24-10-16(21)20-11-5-6-13-15(9-11)23-8-2-7-22-13/h1,3-6,9H,2,7-8,10H2,(H,20,21). The highest BCUT2D eigenvalue weighted by atomic mass is 35.5. The fourth-order valence-electron chi connectivity index (χ4n) is 2.18. The Balaban J connectivity index is 1.61. The molecule has 0 saturated heterocycles. The number of nitrogens with one attached hydrogen (secondary N) is 1. The van der Waals surface area contributed by atoms with Gasteiger partial charge in [0, 0.05) is 18.2 Å². The second-order valence-electron chi connectivity index (χ2n) is 5.10. The van der Waals surface area contributed by atoms with Gasteiger partial charge in [-0.1, -0.05) is 29.3 Å². The number of anilines is 1. The lowest BCUT2D eigenvalue weighted by Crippen LogP contribution is -2.20. The first-order valence-corrected chi connectivity index (χ1v) is 8.15. The number of halogens is 2. The van der Waals surface area contributed by atoms with Gasteiger partial charge < -0.3 is 19.5 Å². The number of ether oxygens (including phenoxy) is 3. The van der Waals surface area contributed by atoms with E-state index in [1.54, 1.807) is 36.4 Å². The number of carbonyl (C=O) groups is 1. The molecule has 0 aromatic heterocycles. The molecule has 0 unspecified atom stereocenters. The molecule has 0 bridgehead atoms. The maximum atomic E-state index is 12.0. The van der Waals surface area contributed by atoms with E-state index in [4.69, 9.17) is 37.4 Å². The Bertz CT molecular complexity index is 751. The lowest BCUT2D eigenvalue weighted by atomic mass is 10.2. The Labute approximate surface area is 149 Å². The van der Waals surface area contributed by atoms with E-state index < -0.39 is 0 Å². The summed E-state index contributed by atoms with van der Waals surface area (Å²) in [6.07, 6.45) is 0.824. The van der Waals surface area contributed by atoms with Gasteiger partial charge in [0.15, 0.2) is 18.1 Å². The van der Waals surface area contributed by atoms with Crippen LogP contribution in [0.2, 0.25) is 10.0 Å². The molecule has 0 saturated carbocycles. The summed E-state index contributed by atoms with van der Waals surface area (Å²) in [5, 5.41) is 3.39. The average molecular weight is 368 g/mol. The third kappa shape index (κ3) is 4.04. The van der Waals surface area contributed by atoms with Crippen LogP contribution in [0.4, 0.5) is 5.69 Å². The van der Waals surface area contributed by atoms with Gasteiger partial charge in [-0.2, -0.15) is 0 Å². The SMILES string of the molecule is O=C(COc1cccc(Cl)c1Cl)Nc1ccc2c(c1)OCCCO2. The fourth-order valence-corrected chi connectivity index (χ4v) is 2.52. The van der Waals surface area contributed by atoms with Crippen molar-refractivity contribution in [1.82, 2.24) is 0 Å². The maximum absolute atomic E-state index is 12.0. The molecule has 0 atom stereocenters. The smallest absolute Gasteiger partial charge is 0.262 e. The predicted octanol–water partition coefficient (Wildman–Crippen LogP) is 4.17. The minimum Gasteiger partial charge on any atom is -0.490 e. The van der Waals surface area contributed by atoms with Gasteiger partial charge in [-0.3, -0.25) is 4.79 Å². The molecule has 24 heavy (non-hydrogen) atoms. The van der Waals surface area contributed by atoms with Crippen LogP contribution in [0.25, 0.3) is 0 Å². The topological polar surface area (TPSA) is 56.8 Å². The molecule has 1 aliphatic rings. The summed E-state index contributed by atoms with van der Waals surface area (Å²) in [6, 6.07) is 10.2. The number of hydrogen-bond acceptors (Lipinski definition) is 4. The van der Waals surface area contributed by atoms with Crippen molar-refractivity contribution < 1.29 is 19.0 Å². The number of benzene rings is 2. The van der Waals surface area contributed by atoms with Crippen LogP contribution < -0.4 is 19.5 Å². The van der Waals surface area contributed by atoms with Crippen molar-refractivity contribution in [3.8, 4) is 17.2 Å². The van der Waals surface area contributed by atoms with Gasteiger partial charge in [0.25, 0.3) is 5.91 Å². The molecule has 1 aliphatic heterocycles. The van der Waals surface area contributed by atoms with Crippen molar-refractivity contribution in [1.29, 1.82) is 0 Å². The predicted molar refractivity (Wildman–Crippen MR) is 92.6 cm³/mol. The van der Waals surface area contributed by atoms with Gasteiger partial charge in [-0.05, 0) is 24.3 Å². The fraction of sp³-hybridized carbons (Fsp3) is 0.235. The normalized spacial score (nSPS) is 13.1. The molecule has 0 fully saturated rings. The minimum absolute atomic E-state index is 0.186. The van der Waals surface area contributed by atoms with Crippen molar-refractivity contribution in [3.63, 3.8) is 0 Å². The molecule has 2 aromatic rings. The molecule has 5 nitrogen and oxygen atoms in total. The first-order valence-electron chi connectivity index (χ1n) is 7.40. The first-order chi connectivity index (χ1) is 11.6. The van der Waals surface area contributed by atoms with E-state index in [1.807, 2.05) is 0 Å². The molecule has 2 aromatic carbocycles. The zero-order chi connectivity index (χ0) is 16.9. The van der Waals surface area contributed by atoms with Crippen molar-refractivity contribution in [2.24, 2.45) is 0 Å². The molecule has 0 spiro atoms. The Morgan fingerprint density at radius 3 is 2.75 bits per heavy atom. The molecule has 3 rings (SSSR count). The van der Waals surface area contributed by atoms with Crippen molar-refractivity contribution >= 4 is 34.8 Å². The third-order valence-corrected chi connectivity index (χ3v) is 4.11. The Hall–Kier alpha value is -2.11. The van der Waals surface area contributed by atoms with Crippen molar-refractivity contribution in [2.75, 3.05) is 25.1 Å². The van der Waals surface area contributed by atoms with Crippen LogP contribution in [-0.2, 0) is 4.79 Å². The zero-order valence-electron chi connectivity index (χ0n) is 12.7. The summed E-state index contributed by atoms with van der Waals surface area (Å²) < 4.78 is 16.5. The second kappa shape index (κ2) is 7.64. The number of fused-ring (bicyclic) bond motifs is 1. The average Bonchev–Trinajstić information content (AvgIpc) is 2.81. The van der Waals surface area contributed by atoms with Crippen LogP contribution in [0.15, 0.2) is 36.4 Å². The largest absolute Gasteiger partial charge is 0.490 e. The van der Waals surface area contributed by atoms with Gasteiger partial charge in [-0.25, -0.2) is 0 Å². The number of amides is 1. The first kappa shape index (κ1) is 16.7. The molecule has 1 N–H and O–H groups in total. The second-order valence-corrected chi connectivity index (χ2v) is 5.89. The summed E-state index contributed by atoms with van der Waals surface area (Å²) in [4.78, 5) is 12.0. The summed E-state index contributed by atoms with van der Waals surface area (Å²) in [6.45, 7) is 1.02. The van der Waals surface area contributed by atoms with Gasteiger partial charge in [0.2, 0.25) is 0 Å². The van der Waals surface area contributed by atoms with E-state index in [9.17, 15) is 4.79 Å².